The van der Waals surface area contributed by atoms with Crippen LogP contribution in [0.15, 0.2) is 30.3 Å². The van der Waals surface area contributed by atoms with E-state index in [1.807, 2.05) is 19.9 Å². The zero-order chi connectivity index (χ0) is 23.9. The van der Waals surface area contributed by atoms with Gasteiger partial charge in [0, 0.05) is 24.3 Å². The van der Waals surface area contributed by atoms with Gasteiger partial charge in [0.05, 0.1) is 21.6 Å². The molecular weight excluding hydrogens is 452 g/mol. The van der Waals surface area contributed by atoms with E-state index in [2.05, 4.69) is 39.1 Å². The quantitative estimate of drug-likeness (QED) is 0.452. The maximum atomic E-state index is 11.6. The third-order valence-electron chi connectivity index (χ3n) is 7.54. The monoisotopic (exact) mass is 482 g/mol. The molecule has 1 saturated heterocycles. The summed E-state index contributed by atoms with van der Waals surface area (Å²) in [6.07, 6.45) is 5.77. The van der Waals surface area contributed by atoms with Crippen molar-refractivity contribution in [1.29, 1.82) is 0 Å². The lowest BCUT2D eigenvalue weighted by molar-refractivity contribution is -0.151. The largest absolute Gasteiger partial charge is 0.481 e. The Labute approximate surface area is 204 Å². The molecule has 2 aliphatic rings. The fraction of sp³-hybridized carbons (Fsp3) is 0.500. The van der Waals surface area contributed by atoms with Gasteiger partial charge < -0.3 is 19.7 Å². The number of anilines is 1. The fourth-order valence-corrected chi connectivity index (χ4v) is 5.45. The van der Waals surface area contributed by atoms with Gasteiger partial charge in [-0.15, -0.1) is 0 Å². The molecule has 3 heterocycles. The highest BCUT2D eigenvalue weighted by atomic mass is 35.5. The van der Waals surface area contributed by atoms with Crippen molar-refractivity contribution < 1.29 is 14.6 Å². The van der Waals surface area contributed by atoms with Gasteiger partial charge in [0.15, 0.2) is 5.65 Å². The molecule has 34 heavy (non-hydrogen) atoms. The normalized spacial score (nSPS) is 21.2. The fourth-order valence-electron chi connectivity index (χ4n) is 5.19. The van der Waals surface area contributed by atoms with Crippen molar-refractivity contribution in [1.82, 2.24) is 15.0 Å². The molecule has 0 atom stereocenters. The van der Waals surface area contributed by atoms with Gasteiger partial charge in [-0.1, -0.05) is 23.7 Å². The zero-order valence-electron chi connectivity index (χ0n) is 19.7. The second-order valence-corrected chi connectivity index (χ2v) is 10.5. The first-order chi connectivity index (χ1) is 16.3. The molecule has 8 heteroatoms. The summed E-state index contributed by atoms with van der Waals surface area (Å²) in [4.78, 5) is 26.4. The molecule has 5 rings (SSSR count). The number of hydrogen-bond acceptors (Lipinski definition) is 5. The van der Waals surface area contributed by atoms with Gasteiger partial charge in [-0.25, -0.2) is 4.98 Å². The van der Waals surface area contributed by atoms with Gasteiger partial charge in [0.2, 0.25) is 0 Å². The minimum Gasteiger partial charge on any atom is -0.481 e. The second-order valence-electron chi connectivity index (χ2n) is 10.1. The minimum atomic E-state index is -0.737. The average molecular weight is 483 g/mol. The Hall–Kier alpha value is -2.80. The molecule has 1 saturated carbocycles. The first-order valence-electron chi connectivity index (χ1n) is 12.1. The highest BCUT2D eigenvalue weighted by Crippen LogP contribution is 2.39. The number of nitrogens with one attached hydrogen (secondary N) is 1. The van der Waals surface area contributed by atoms with Gasteiger partial charge in [-0.2, -0.15) is 4.98 Å². The third-order valence-corrected chi connectivity index (χ3v) is 7.83. The molecule has 0 unspecified atom stereocenters. The predicted molar refractivity (Wildman–Crippen MR) is 134 cm³/mol. The van der Waals surface area contributed by atoms with Crippen molar-refractivity contribution in [3.8, 4) is 17.3 Å². The summed E-state index contributed by atoms with van der Waals surface area (Å²) in [7, 11) is 0. The van der Waals surface area contributed by atoms with Crippen LogP contribution in [0.1, 0.15) is 52.4 Å². The van der Waals surface area contributed by atoms with E-state index < -0.39 is 11.4 Å². The Morgan fingerprint density at radius 2 is 1.79 bits per heavy atom. The molecule has 1 aliphatic carbocycles. The lowest BCUT2D eigenvalue weighted by Crippen LogP contribution is -2.37. The van der Waals surface area contributed by atoms with E-state index >= 15 is 0 Å². The van der Waals surface area contributed by atoms with E-state index in [1.54, 1.807) is 0 Å². The Balaban J connectivity index is 1.29. The van der Waals surface area contributed by atoms with Crippen LogP contribution in [0, 0.1) is 11.3 Å². The summed E-state index contributed by atoms with van der Waals surface area (Å²) < 4.78 is 6.12. The molecule has 0 spiro atoms. The van der Waals surface area contributed by atoms with Crippen LogP contribution >= 0.6 is 11.6 Å². The first-order valence-corrected chi connectivity index (χ1v) is 12.5. The molecule has 2 fully saturated rings. The van der Waals surface area contributed by atoms with Gasteiger partial charge in [0.1, 0.15) is 6.10 Å². The maximum absolute atomic E-state index is 11.6. The topological polar surface area (TPSA) is 91.3 Å². The standard InChI is InChI=1S/C26H31ClN4O3/c1-26(2,24(32)33)17-7-11-19(12-8-17)34-25-28-21-15-20(27)22(29-23(21)30-25)16-5-9-18(10-6-16)31-13-3-4-14-31/h5-6,9-10,15,17,19H,3-4,7-8,11-14H2,1-2H3,(H,32,33)(H,28,29,30)/t17-,19-. The number of hydrogen-bond donors (Lipinski definition) is 2. The predicted octanol–water partition coefficient (Wildman–Crippen LogP) is 5.93. The van der Waals surface area contributed by atoms with Gasteiger partial charge in [-0.05, 0) is 76.5 Å². The van der Waals surface area contributed by atoms with Crippen molar-refractivity contribution in [3.05, 3.63) is 35.4 Å². The molecule has 1 aromatic carbocycles. The number of H-pyrrole nitrogens is 1. The van der Waals surface area contributed by atoms with Crippen molar-refractivity contribution in [2.75, 3.05) is 18.0 Å². The Bertz CT molecular complexity index is 1180. The van der Waals surface area contributed by atoms with Gasteiger partial charge in [0.25, 0.3) is 6.01 Å². The number of carboxylic acid groups (broad SMARTS) is 1. The molecule has 0 amide bonds. The van der Waals surface area contributed by atoms with Crippen LogP contribution in [0.25, 0.3) is 22.4 Å². The Kier molecular flexibility index (Phi) is 6.15. The number of halogens is 1. The second kappa shape index (κ2) is 9.10. The lowest BCUT2D eigenvalue weighted by atomic mass is 9.70. The molecule has 2 N–H and O–H groups in total. The van der Waals surface area contributed by atoms with Crippen LogP contribution < -0.4 is 9.64 Å². The van der Waals surface area contributed by atoms with Crippen LogP contribution in [0.5, 0.6) is 6.01 Å². The molecule has 3 aromatic rings. The molecule has 0 radical (unpaired) electrons. The van der Waals surface area contributed by atoms with Crippen molar-refractivity contribution in [3.63, 3.8) is 0 Å². The number of carboxylic acids is 1. The molecule has 1 aliphatic heterocycles. The summed E-state index contributed by atoms with van der Waals surface area (Å²) in [6, 6.07) is 10.7. The van der Waals surface area contributed by atoms with Crippen LogP contribution in [0.3, 0.4) is 0 Å². The first kappa shape index (κ1) is 23.0. The number of rotatable bonds is 6. The molecule has 180 valence electrons. The number of nitrogens with zero attached hydrogens (tertiary/aromatic N) is 3. The van der Waals surface area contributed by atoms with Crippen LogP contribution in [0.4, 0.5) is 5.69 Å². The smallest absolute Gasteiger partial charge is 0.309 e. The van der Waals surface area contributed by atoms with Crippen LogP contribution in [-0.2, 0) is 4.79 Å². The molecule has 7 nitrogen and oxygen atoms in total. The number of benzene rings is 1. The Morgan fingerprint density at radius 3 is 2.44 bits per heavy atom. The average Bonchev–Trinajstić information content (AvgIpc) is 3.49. The van der Waals surface area contributed by atoms with E-state index in [0.29, 0.717) is 22.4 Å². The number of aliphatic carboxylic acids is 1. The number of imidazole rings is 1. The highest BCUT2D eigenvalue weighted by Gasteiger charge is 2.39. The van der Waals surface area contributed by atoms with Crippen molar-refractivity contribution in [2.45, 2.75) is 58.5 Å². The van der Waals surface area contributed by atoms with Gasteiger partial charge in [-0.3, -0.25) is 4.79 Å². The maximum Gasteiger partial charge on any atom is 0.309 e. The number of ether oxygens (including phenoxy) is 1. The molecule has 2 aromatic heterocycles. The van der Waals surface area contributed by atoms with Crippen molar-refractivity contribution >= 4 is 34.4 Å². The zero-order valence-corrected chi connectivity index (χ0v) is 20.4. The summed E-state index contributed by atoms with van der Waals surface area (Å²) in [5, 5.41) is 10.1. The Morgan fingerprint density at radius 1 is 1.12 bits per heavy atom. The number of aromatic amines is 1. The number of fused-ring (bicyclic) bond motifs is 1. The van der Waals surface area contributed by atoms with Crippen LogP contribution in [0.2, 0.25) is 5.02 Å². The summed E-state index contributed by atoms with van der Waals surface area (Å²) in [5.74, 6) is -0.584. The van der Waals surface area contributed by atoms with E-state index in [9.17, 15) is 9.90 Å². The van der Waals surface area contributed by atoms with Crippen molar-refractivity contribution in [2.24, 2.45) is 11.3 Å². The summed E-state index contributed by atoms with van der Waals surface area (Å²) in [5.41, 5.74) is 3.48. The van der Waals surface area contributed by atoms with Crippen LogP contribution in [-0.4, -0.2) is 45.2 Å². The number of carbonyl (C=O) groups is 1. The van der Waals surface area contributed by atoms with E-state index in [1.165, 1.54) is 18.5 Å². The van der Waals surface area contributed by atoms with E-state index in [-0.39, 0.29) is 12.0 Å². The minimum absolute atomic E-state index is 0.00878. The van der Waals surface area contributed by atoms with E-state index in [0.717, 1.165) is 49.9 Å². The molecular formula is C26H31ClN4O3. The highest BCUT2D eigenvalue weighted by molar-refractivity contribution is 6.33. The number of aromatic nitrogens is 3. The SMILES string of the molecule is CC(C)(C(=O)O)[C@H]1CC[C@H](Oc2nc3nc(-c4ccc(N5CCCC5)cc4)c(Cl)cc3[nH]2)CC1. The lowest BCUT2D eigenvalue weighted by Gasteiger charge is -2.36. The van der Waals surface area contributed by atoms with E-state index in [4.69, 9.17) is 21.3 Å². The summed E-state index contributed by atoms with van der Waals surface area (Å²) in [6.45, 7) is 5.85. The number of pyridine rings is 1. The third kappa shape index (κ3) is 4.45. The summed E-state index contributed by atoms with van der Waals surface area (Å²) >= 11 is 6.58. The van der Waals surface area contributed by atoms with Gasteiger partial charge >= 0.3 is 5.97 Å². The molecule has 0 bridgehead atoms.